The van der Waals surface area contributed by atoms with Gasteiger partial charge in [-0.25, -0.2) is 4.79 Å². The fraction of sp³-hybridized carbons (Fsp3) is 0.524. The molecule has 1 rings (SSSR count). The molecule has 0 heterocycles. The van der Waals surface area contributed by atoms with E-state index in [0.717, 1.165) is 0 Å². The second-order valence-electron chi connectivity index (χ2n) is 7.63. The maximum atomic E-state index is 13.0. The fourth-order valence-electron chi connectivity index (χ4n) is 2.92. The van der Waals surface area contributed by atoms with E-state index in [1.165, 1.54) is 19.1 Å². The molecule has 3 amide bonds. The van der Waals surface area contributed by atoms with Crippen molar-refractivity contribution in [1.29, 1.82) is 0 Å². The summed E-state index contributed by atoms with van der Waals surface area (Å²) >= 11 is 0. The number of carboxylic acids is 1. The van der Waals surface area contributed by atoms with Crippen molar-refractivity contribution in [2.45, 2.75) is 57.8 Å². The lowest BCUT2D eigenvalue weighted by atomic mass is 9.96. The van der Waals surface area contributed by atoms with Gasteiger partial charge in [-0.05, 0) is 30.5 Å². The van der Waals surface area contributed by atoms with Gasteiger partial charge in [0.1, 0.15) is 17.8 Å². The Bertz CT molecular complexity index is 798. The van der Waals surface area contributed by atoms with E-state index < -0.39 is 47.9 Å². The summed E-state index contributed by atoms with van der Waals surface area (Å²) in [5.41, 5.74) is 5.99. The number of hydrogen-bond acceptors (Lipinski definition) is 7. The number of aromatic hydroxyl groups is 1. The first-order chi connectivity index (χ1) is 15.0. The number of benzene rings is 1. The van der Waals surface area contributed by atoms with Crippen molar-refractivity contribution in [1.82, 2.24) is 16.0 Å². The number of phenols is 1. The molecule has 0 aliphatic carbocycles. The van der Waals surface area contributed by atoms with Crippen molar-refractivity contribution in [3.05, 3.63) is 29.8 Å². The molecular formula is C21H32N4O7. The van der Waals surface area contributed by atoms with Crippen LogP contribution in [-0.4, -0.2) is 69.8 Å². The maximum absolute atomic E-state index is 13.0. The van der Waals surface area contributed by atoms with Gasteiger partial charge in [-0.2, -0.15) is 0 Å². The summed E-state index contributed by atoms with van der Waals surface area (Å²) in [5.74, 6) is -3.75. The Hall–Kier alpha value is -3.18. The Morgan fingerprint density at radius 2 is 1.53 bits per heavy atom. The van der Waals surface area contributed by atoms with Gasteiger partial charge in [-0.3, -0.25) is 14.4 Å². The van der Waals surface area contributed by atoms with Gasteiger partial charge in [0.05, 0.1) is 12.6 Å². The Labute approximate surface area is 186 Å². The van der Waals surface area contributed by atoms with Gasteiger partial charge in [0.25, 0.3) is 0 Å². The Morgan fingerprint density at radius 3 is 2.00 bits per heavy atom. The summed E-state index contributed by atoms with van der Waals surface area (Å²) in [6, 6.07) is 2.33. The lowest BCUT2D eigenvalue weighted by Gasteiger charge is -2.28. The largest absolute Gasteiger partial charge is 0.508 e. The first kappa shape index (κ1) is 26.9. The Balaban J connectivity index is 3.07. The third kappa shape index (κ3) is 8.16. The third-order valence-corrected chi connectivity index (χ3v) is 5.05. The molecule has 0 bridgehead atoms. The van der Waals surface area contributed by atoms with Crippen molar-refractivity contribution < 1.29 is 34.5 Å². The second-order valence-corrected chi connectivity index (χ2v) is 7.63. The molecule has 178 valence electrons. The zero-order chi connectivity index (χ0) is 24.4. The number of carbonyl (C=O) groups excluding carboxylic acids is 3. The molecule has 0 aliphatic rings. The molecule has 0 saturated carbocycles. The predicted octanol–water partition coefficient (Wildman–Crippen LogP) is -1.14. The summed E-state index contributed by atoms with van der Waals surface area (Å²) in [5, 5.41) is 35.6. The number of nitrogens with two attached hydrogens (primary N) is 1. The fourth-order valence-corrected chi connectivity index (χ4v) is 2.92. The quantitative estimate of drug-likeness (QED) is 0.207. The van der Waals surface area contributed by atoms with Gasteiger partial charge in [-0.1, -0.05) is 32.4 Å². The van der Waals surface area contributed by atoms with E-state index >= 15 is 0 Å². The highest BCUT2D eigenvalue weighted by atomic mass is 16.4. The van der Waals surface area contributed by atoms with E-state index in [1.54, 1.807) is 26.0 Å². The first-order valence-corrected chi connectivity index (χ1v) is 10.3. The second kappa shape index (κ2) is 12.6. The average Bonchev–Trinajstić information content (AvgIpc) is 2.75. The number of carboxylic acid groups (broad SMARTS) is 1. The molecule has 1 aromatic rings. The molecular weight excluding hydrogens is 420 g/mol. The van der Waals surface area contributed by atoms with Crippen LogP contribution in [0.25, 0.3) is 0 Å². The van der Waals surface area contributed by atoms with Crippen molar-refractivity contribution in [3.63, 3.8) is 0 Å². The third-order valence-electron chi connectivity index (χ3n) is 5.05. The minimum absolute atomic E-state index is 0.0420. The van der Waals surface area contributed by atoms with E-state index in [2.05, 4.69) is 16.0 Å². The monoisotopic (exact) mass is 452 g/mol. The number of carbonyl (C=O) groups is 4. The number of rotatable bonds is 12. The van der Waals surface area contributed by atoms with Crippen molar-refractivity contribution >= 4 is 23.7 Å². The van der Waals surface area contributed by atoms with Gasteiger partial charge >= 0.3 is 5.97 Å². The zero-order valence-corrected chi connectivity index (χ0v) is 18.4. The number of amides is 3. The molecule has 11 nitrogen and oxygen atoms in total. The summed E-state index contributed by atoms with van der Waals surface area (Å²) in [7, 11) is 0. The molecule has 0 saturated heterocycles. The Kier molecular flexibility index (Phi) is 10.6. The Morgan fingerprint density at radius 1 is 0.969 bits per heavy atom. The van der Waals surface area contributed by atoms with E-state index in [0.29, 0.717) is 12.0 Å². The van der Waals surface area contributed by atoms with Crippen LogP contribution in [0.1, 0.15) is 32.8 Å². The number of aliphatic hydroxyl groups excluding tert-OH is 1. The summed E-state index contributed by atoms with van der Waals surface area (Å²) in [6.45, 7) is 4.38. The molecule has 0 radical (unpaired) electrons. The van der Waals surface area contributed by atoms with Crippen LogP contribution in [-0.2, 0) is 25.6 Å². The summed E-state index contributed by atoms with van der Waals surface area (Å²) < 4.78 is 0. The van der Waals surface area contributed by atoms with Gasteiger partial charge in [0.2, 0.25) is 17.7 Å². The van der Waals surface area contributed by atoms with E-state index in [1.807, 2.05) is 0 Å². The minimum Gasteiger partial charge on any atom is -0.508 e. The molecule has 0 aromatic heterocycles. The highest BCUT2D eigenvalue weighted by molar-refractivity contribution is 5.94. The number of aliphatic hydroxyl groups is 1. The van der Waals surface area contributed by atoms with Gasteiger partial charge in [0.15, 0.2) is 6.04 Å². The highest BCUT2D eigenvalue weighted by Gasteiger charge is 2.33. The van der Waals surface area contributed by atoms with Crippen LogP contribution in [0.3, 0.4) is 0 Å². The lowest BCUT2D eigenvalue weighted by molar-refractivity contribution is -0.145. The van der Waals surface area contributed by atoms with Crippen molar-refractivity contribution in [2.75, 3.05) is 6.54 Å². The number of phenolic OH excluding ortho intramolecular Hbond substituents is 1. The van der Waals surface area contributed by atoms with Crippen molar-refractivity contribution in [3.8, 4) is 5.75 Å². The van der Waals surface area contributed by atoms with Crippen LogP contribution >= 0.6 is 0 Å². The highest BCUT2D eigenvalue weighted by Crippen LogP contribution is 2.13. The van der Waals surface area contributed by atoms with Crippen LogP contribution in [0.5, 0.6) is 5.75 Å². The topological polar surface area (TPSA) is 191 Å². The average molecular weight is 453 g/mol. The molecule has 5 unspecified atom stereocenters. The molecule has 0 fully saturated rings. The lowest BCUT2D eigenvalue weighted by Crippen LogP contribution is -2.59. The molecule has 11 heteroatoms. The normalized spacial score (nSPS) is 15.5. The SMILES string of the molecule is CCC(C)C(NC(=O)C(Cc1ccc(O)cc1)NC(=O)CN)C(=O)NC(C(=O)O)C(C)O. The predicted molar refractivity (Wildman–Crippen MR) is 115 cm³/mol. The minimum atomic E-state index is -1.55. The van der Waals surface area contributed by atoms with Crippen molar-refractivity contribution in [2.24, 2.45) is 11.7 Å². The first-order valence-electron chi connectivity index (χ1n) is 10.3. The number of nitrogens with one attached hydrogen (secondary N) is 3. The van der Waals surface area contributed by atoms with E-state index in [9.17, 15) is 34.5 Å². The van der Waals surface area contributed by atoms with Crippen LogP contribution in [0.15, 0.2) is 24.3 Å². The molecule has 1 aromatic carbocycles. The van der Waals surface area contributed by atoms with Crippen LogP contribution in [0.4, 0.5) is 0 Å². The van der Waals surface area contributed by atoms with Gasteiger partial charge < -0.3 is 37.0 Å². The van der Waals surface area contributed by atoms with Crippen LogP contribution < -0.4 is 21.7 Å². The zero-order valence-electron chi connectivity index (χ0n) is 18.4. The molecule has 0 spiro atoms. The smallest absolute Gasteiger partial charge is 0.328 e. The van der Waals surface area contributed by atoms with E-state index in [-0.39, 0.29) is 24.6 Å². The van der Waals surface area contributed by atoms with Gasteiger partial charge in [0, 0.05) is 6.42 Å². The summed E-state index contributed by atoms with van der Waals surface area (Å²) in [4.78, 5) is 48.9. The number of aliphatic carboxylic acids is 1. The number of hydrogen-bond donors (Lipinski definition) is 7. The maximum Gasteiger partial charge on any atom is 0.328 e. The molecule has 0 aliphatic heterocycles. The molecule has 8 N–H and O–H groups in total. The van der Waals surface area contributed by atoms with Crippen LogP contribution in [0.2, 0.25) is 0 Å². The summed E-state index contributed by atoms with van der Waals surface area (Å²) in [6.07, 6.45) is -0.795. The van der Waals surface area contributed by atoms with E-state index in [4.69, 9.17) is 5.73 Å². The van der Waals surface area contributed by atoms with Crippen LogP contribution in [0, 0.1) is 5.92 Å². The standard InChI is InChI=1S/C21H32N4O7/c1-4-11(2)17(20(30)25-18(12(3)26)21(31)32)24-19(29)15(23-16(28)10-22)9-13-5-7-14(27)8-6-13/h5-8,11-12,15,17-18,26-27H,4,9-10,22H2,1-3H3,(H,23,28)(H,24,29)(H,25,30)(H,31,32). The van der Waals surface area contributed by atoms with Gasteiger partial charge in [-0.15, -0.1) is 0 Å². The molecule has 5 atom stereocenters. The molecule has 32 heavy (non-hydrogen) atoms.